The van der Waals surface area contributed by atoms with Gasteiger partial charge in [0.1, 0.15) is 0 Å². The molecule has 15 heteroatoms. The van der Waals surface area contributed by atoms with E-state index in [1.54, 1.807) is 31.2 Å². The number of nitrogens with one attached hydrogen (secondary N) is 1. The predicted molar refractivity (Wildman–Crippen MR) is 127 cm³/mol. The number of carbonyl (C=O) groups is 1. The summed E-state index contributed by atoms with van der Waals surface area (Å²) in [5.74, 6) is -1.03. The molecule has 0 fully saturated rings. The SMILES string of the molecule is Cc1ccc(-n2nnc(C(=O)Nc3cc(C(F)(F)F)cc(C(F)(F)F)c3)c2CSc2ncccn2)cc1Cl. The summed E-state index contributed by atoms with van der Waals surface area (Å²) in [6.07, 6.45) is -7.15. The van der Waals surface area contributed by atoms with Gasteiger partial charge in [-0.1, -0.05) is 34.6 Å². The summed E-state index contributed by atoms with van der Waals surface area (Å²) in [7, 11) is 0. The van der Waals surface area contributed by atoms with E-state index in [1.807, 2.05) is 0 Å². The number of hydrogen-bond donors (Lipinski definition) is 1. The van der Waals surface area contributed by atoms with Gasteiger partial charge in [-0.3, -0.25) is 4.79 Å². The highest BCUT2D eigenvalue weighted by Gasteiger charge is 2.37. The molecule has 0 aliphatic carbocycles. The predicted octanol–water partition coefficient (Wildman–Crippen LogP) is 6.60. The van der Waals surface area contributed by atoms with Crippen LogP contribution in [0, 0.1) is 6.92 Å². The molecule has 0 spiro atoms. The summed E-state index contributed by atoms with van der Waals surface area (Å²) in [5, 5.41) is 10.7. The first-order chi connectivity index (χ1) is 17.8. The number of nitrogens with zero attached hydrogens (tertiary/aromatic N) is 5. The zero-order chi connectivity index (χ0) is 27.7. The van der Waals surface area contributed by atoms with E-state index in [4.69, 9.17) is 11.6 Å². The number of thioether (sulfide) groups is 1. The number of benzene rings is 2. The van der Waals surface area contributed by atoms with Gasteiger partial charge in [0.25, 0.3) is 5.91 Å². The molecule has 1 N–H and O–H groups in total. The summed E-state index contributed by atoms with van der Waals surface area (Å²) < 4.78 is 80.8. The Morgan fingerprint density at radius 2 is 1.63 bits per heavy atom. The maximum atomic E-state index is 13.2. The Bertz CT molecular complexity index is 1440. The topological polar surface area (TPSA) is 85.6 Å². The van der Waals surface area contributed by atoms with E-state index in [0.29, 0.717) is 28.0 Å². The van der Waals surface area contributed by atoms with Crippen LogP contribution in [0.3, 0.4) is 0 Å². The fourth-order valence-corrected chi connectivity index (χ4v) is 4.21. The normalized spacial score (nSPS) is 12.0. The van der Waals surface area contributed by atoms with E-state index >= 15 is 0 Å². The zero-order valence-corrected chi connectivity index (χ0v) is 20.7. The molecule has 4 aromatic rings. The first-order valence-corrected chi connectivity index (χ1v) is 11.9. The maximum Gasteiger partial charge on any atom is 0.416 e. The summed E-state index contributed by atoms with van der Waals surface area (Å²) in [5.41, 5.74) is -2.80. The van der Waals surface area contributed by atoms with E-state index in [-0.39, 0.29) is 23.2 Å². The lowest BCUT2D eigenvalue weighted by Gasteiger charge is -2.14. The molecule has 1 amide bonds. The smallest absolute Gasteiger partial charge is 0.321 e. The highest BCUT2D eigenvalue weighted by molar-refractivity contribution is 7.98. The Balaban J connectivity index is 1.73. The van der Waals surface area contributed by atoms with Crippen molar-refractivity contribution >= 4 is 35.0 Å². The van der Waals surface area contributed by atoms with Crippen molar-refractivity contribution in [2.24, 2.45) is 0 Å². The van der Waals surface area contributed by atoms with Gasteiger partial charge in [-0.05, 0) is 48.9 Å². The second-order valence-electron chi connectivity index (χ2n) is 7.80. The minimum atomic E-state index is -5.08. The lowest BCUT2D eigenvalue weighted by atomic mass is 10.1. The van der Waals surface area contributed by atoms with E-state index in [9.17, 15) is 31.1 Å². The van der Waals surface area contributed by atoms with E-state index in [0.717, 1.165) is 17.3 Å². The average Bonchev–Trinajstić information content (AvgIpc) is 3.28. The van der Waals surface area contributed by atoms with Crippen LogP contribution < -0.4 is 5.32 Å². The maximum absolute atomic E-state index is 13.2. The molecule has 0 atom stereocenters. The van der Waals surface area contributed by atoms with Crippen LogP contribution in [0.5, 0.6) is 0 Å². The molecule has 0 aliphatic rings. The van der Waals surface area contributed by atoms with Crippen molar-refractivity contribution in [3.63, 3.8) is 0 Å². The third kappa shape index (κ3) is 6.25. The number of carbonyl (C=O) groups excluding carboxylic acids is 1. The van der Waals surface area contributed by atoms with Gasteiger partial charge in [0.2, 0.25) is 0 Å². The van der Waals surface area contributed by atoms with Crippen molar-refractivity contribution in [3.8, 4) is 5.69 Å². The number of amides is 1. The molecule has 0 bridgehead atoms. The average molecular weight is 573 g/mol. The van der Waals surface area contributed by atoms with Crippen LogP contribution in [0.15, 0.2) is 60.0 Å². The van der Waals surface area contributed by atoms with Gasteiger partial charge in [0, 0.05) is 28.9 Å². The van der Waals surface area contributed by atoms with Crippen LogP contribution in [0.4, 0.5) is 32.0 Å². The minimum Gasteiger partial charge on any atom is -0.321 e. The van der Waals surface area contributed by atoms with Gasteiger partial charge in [-0.15, -0.1) is 5.10 Å². The van der Waals surface area contributed by atoms with Gasteiger partial charge < -0.3 is 5.32 Å². The van der Waals surface area contributed by atoms with Crippen LogP contribution in [0.2, 0.25) is 5.02 Å². The van der Waals surface area contributed by atoms with Crippen molar-refractivity contribution in [1.82, 2.24) is 25.0 Å². The molecule has 7 nitrogen and oxygen atoms in total. The van der Waals surface area contributed by atoms with Crippen LogP contribution in [0.1, 0.15) is 32.9 Å². The molecular formula is C23H15ClF6N6OS. The monoisotopic (exact) mass is 572 g/mol. The first kappa shape index (κ1) is 27.4. The Hall–Kier alpha value is -3.65. The second kappa shape index (κ2) is 10.6. The van der Waals surface area contributed by atoms with Crippen molar-refractivity contribution in [2.75, 3.05) is 5.32 Å². The molecular weight excluding hydrogens is 558 g/mol. The number of hydrogen-bond acceptors (Lipinski definition) is 6. The van der Waals surface area contributed by atoms with Crippen molar-refractivity contribution in [2.45, 2.75) is 30.2 Å². The molecule has 0 saturated heterocycles. The zero-order valence-electron chi connectivity index (χ0n) is 19.1. The Kier molecular flexibility index (Phi) is 7.65. The van der Waals surface area contributed by atoms with Crippen LogP contribution in [-0.4, -0.2) is 30.9 Å². The van der Waals surface area contributed by atoms with Crippen LogP contribution in [-0.2, 0) is 18.1 Å². The Labute approximate surface area is 220 Å². The molecule has 198 valence electrons. The highest BCUT2D eigenvalue weighted by Crippen LogP contribution is 2.37. The van der Waals surface area contributed by atoms with Gasteiger partial charge in [-0.2, -0.15) is 26.3 Å². The fourth-order valence-electron chi connectivity index (χ4n) is 3.24. The fraction of sp³-hybridized carbons (Fsp3) is 0.174. The number of aryl methyl sites for hydroxylation is 1. The van der Waals surface area contributed by atoms with Gasteiger partial charge in [0.15, 0.2) is 10.9 Å². The van der Waals surface area contributed by atoms with E-state index < -0.39 is 35.1 Å². The molecule has 2 aromatic heterocycles. The summed E-state index contributed by atoms with van der Waals surface area (Å²) in [6.45, 7) is 1.78. The van der Waals surface area contributed by atoms with Gasteiger partial charge in [0.05, 0.1) is 22.5 Å². The largest absolute Gasteiger partial charge is 0.416 e. The van der Waals surface area contributed by atoms with Crippen molar-refractivity contribution < 1.29 is 31.1 Å². The number of aromatic nitrogens is 5. The number of halogens is 7. The number of alkyl halides is 6. The molecule has 4 rings (SSSR count). The molecule has 0 saturated carbocycles. The Morgan fingerprint density at radius 3 is 2.21 bits per heavy atom. The first-order valence-electron chi connectivity index (χ1n) is 10.5. The lowest BCUT2D eigenvalue weighted by molar-refractivity contribution is -0.143. The van der Waals surface area contributed by atoms with Gasteiger partial charge >= 0.3 is 12.4 Å². The third-order valence-electron chi connectivity index (χ3n) is 5.10. The molecule has 0 radical (unpaired) electrons. The molecule has 2 aromatic carbocycles. The number of rotatable bonds is 6. The molecule has 2 heterocycles. The summed E-state index contributed by atoms with van der Waals surface area (Å²) >= 11 is 7.33. The third-order valence-corrected chi connectivity index (χ3v) is 6.40. The second-order valence-corrected chi connectivity index (χ2v) is 9.15. The lowest BCUT2D eigenvalue weighted by Crippen LogP contribution is -2.17. The van der Waals surface area contributed by atoms with E-state index in [1.165, 1.54) is 17.1 Å². The quantitative estimate of drug-likeness (QED) is 0.159. The highest BCUT2D eigenvalue weighted by atomic mass is 35.5. The number of anilines is 1. The summed E-state index contributed by atoms with van der Waals surface area (Å²) in [4.78, 5) is 21.2. The van der Waals surface area contributed by atoms with Gasteiger partial charge in [-0.25, -0.2) is 14.6 Å². The van der Waals surface area contributed by atoms with Crippen molar-refractivity contribution in [3.05, 3.63) is 88.0 Å². The van der Waals surface area contributed by atoms with Crippen LogP contribution in [0.25, 0.3) is 5.69 Å². The molecule has 0 unspecified atom stereocenters. The van der Waals surface area contributed by atoms with Crippen LogP contribution >= 0.6 is 23.4 Å². The minimum absolute atomic E-state index is 0.0294. The Morgan fingerprint density at radius 1 is 1.00 bits per heavy atom. The molecule has 0 aliphatic heterocycles. The molecule has 38 heavy (non-hydrogen) atoms. The van der Waals surface area contributed by atoms with E-state index in [2.05, 4.69) is 25.6 Å². The van der Waals surface area contributed by atoms with Crippen molar-refractivity contribution in [1.29, 1.82) is 0 Å². The standard InChI is InChI=1S/C23H15ClF6N6OS/c1-12-3-4-16(10-17(12)24)36-18(11-38-21-31-5-2-6-32-21)19(34-35-36)20(37)33-15-8-13(22(25,26)27)7-14(9-15)23(28,29)30/h2-10H,11H2,1H3,(H,33,37). The summed E-state index contributed by atoms with van der Waals surface area (Å²) in [6, 6.07) is 7.32.